The van der Waals surface area contributed by atoms with Gasteiger partial charge in [-0.15, -0.1) is 24.0 Å². The molecule has 1 fully saturated rings. The molecule has 6 nitrogen and oxygen atoms in total. The molecular formula is C21H32IN5O. The van der Waals surface area contributed by atoms with Crippen molar-refractivity contribution in [1.82, 2.24) is 20.1 Å². The monoisotopic (exact) mass is 497 g/mol. The summed E-state index contributed by atoms with van der Waals surface area (Å²) < 4.78 is 7.48. The van der Waals surface area contributed by atoms with Crippen molar-refractivity contribution in [3.05, 3.63) is 53.9 Å². The molecule has 1 atom stereocenters. The zero-order chi connectivity index (χ0) is 19.1. The van der Waals surface area contributed by atoms with Crippen molar-refractivity contribution in [2.24, 2.45) is 12.0 Å². The van der Waals surface area contributed by atoms with Gasteiger partial charge in [-0.25, -0.2) is 0 Å². The quantitative estimate of drug-likeness (QED) is 0.351. The number of guanidine groups is 1. The van der Waals surface area contributed by atoms with Crippen LogP contribution in [-0.4, -0.2) is 49.2 Å². The van der Waals surface area contributed by atoms with E-state index in [9.17, 15) is 0 Å². The number of nitrogens with zero attached hydrogens (tertiary/aromatic N) is 3. The molecule has 3 rings (SSSR count). The number of aromatic nitrogens is 1. The summed E-state index contributed by atoms with van der Waals surface area (Å²) in [4.78, 5) is 6.93. The third kappa shape index (κ3) is 6.13. The van der Waals surface area contributed by atoms with Gasteiger partial charge in [0.25, 0.3) is 0 Å². The highest BCUT2D eigenvalue weighted by Crippen LogP contribution is 2.27. The number of rotatable bonds is 7. The molecule has 2 aromatic rings. The Bertz CT molecular complexity index is 755. The van der Waals surface area contributed by atoms with Crippen molar-refractivity contribution >= 4 is 29.9 Å². The van der Waals surface area contributed by atoms with Crippen molar-refractivity contribution < 1.29 is 4.74 Å². The Morgan fingerprint density at radius 3 is 2.64 bits per heavy atom. The number of hydrogen-bond acceptors (Lipinski definition) is 3. The van der Waals surface area contributed by atoms with Crippen LogP contribution in [0.25, 0.3) is 0 Å². The van der Waals surface area contributed by atoms with Gasteiger partial charge in [0.2, 0.25) is 0 Å². The Morgan fingerprint density at radius 1 is 1.21 bits per heavy atom. The Kier molecular flexibility index (Phi) is 9.11. The second-order valence-corrected chi connectivity index (χ2v) is 7.03. The first-order valence-corrected chi connectivity index (χ1v) is 9.63. The van der Waals surface area contributed by atoms with Crippen molar-refractivity contribution in [3.63, 3.8) is 0 Å². The summed E-state index contributed by atoms with van der Waals surface area (Å²) in [5.41, 5.74) is 2.52. The molecule has 1 saturated heterocycles. The summed E-state index contributed by atoms with van der Waals surface area (Å²) in [6.07, 6.45) is 6.70. The number of halogens is 1. The van der Waals surface area contributed by atoms with Crippen LogP contribution in [0.3, 0.4) is 0 Å². The highest BCUT2D eigenvalue weighted by atomic mass is 127. The van der Waals surface area contributed by atoms with Crippen LogP contribution in [0.15, 0.2) is 47.7 Å². The lowest BCUT2D eigenvalue weighted by Gasteiger charge is -2.29. The first-order valence-electron chi connectivity index (χ1n) is 9.63. The fourth-order valence-electron chi connectivity index (χ4n) is 3.63. The minimum Gasteiger partial charge on any atom is -0.497 e. The van der Waals surface area contributed by atoms with Crippen LogP contribution in [0.4, 0.5) is 0 Å². The number of hydrogen-bond donors (Lipinski definition) is 2. The topological polar surface area (TPSA) is 53.8 Å². The van der Waals surface area contributed by atoms with Crippen LogP contribution in [0, 0.1) is 0 Å². The molecule has 1 aliphatic rings. The maximum absolute atomic E-state index is 5.43. The van der Waals surface area contributed by atoms with Gasteiger partial charge in [0, 0.05) is 39.6 Å². The molecule has 7 heteroatoms. The number of nitrogens with one attached hydrogen (secondary N) is 2. The van der Waals surface area contributed by atoms with E-state index in [0.717, 1.165) is 37.9 Å². The lowest BCUT2D eigenvalue weighted by Crippen LogP contribution is -2.42. The van der Waals surface area contributed by atoms with Crippen molar-refractivity contribution in [2.45, 2.75) is 25.4 Å². The normalized spacial score (nSPS) is 15.8. The Morgan fingerprint density at radius 2 is 2.00 bits per heavy atom. The van der Waals surface area contributed by atoms with Gasteiger partial charge in [0.1, 0.15) is 5.75 Å². The Labute approximate surface area is 185 Å². The fourth-order valence-corrected chi connectivity index (χ4v) is 3.63. The number of methoxy groups -OCH3 is 1. The van der Waals surface area contributed by atoms with E-state index in [4.69, 9.17) is 4.74 Å². The highest BCUT2D eigenvalue weighted by Gasteiger charge is 2.24. The Balaban J connectivity index is 0.00000280. The molecule has 0 radical (unpaired) electrons. The van der Waals surface area contributed by atoms with E-state index in [1.165, 1.54) is 24.0 Å². The molecule has 1 aliphatic heterocycles. The first-order chi connectivity index (χ1) is 13.2. The van der Waals surface area contributed by atoms with Crippen LogP contribution in [0.1, 0.15) is 30.0 Å². The predicted molar refractivity (Wildman–Crippen MR) is 126 cm³/mol. The van der Waals surface area contributed by atoms with Gasteiger partial charge in [0.05, 0.1) is 13.2 Å². The molecule has 0 bridgehead atoms. The lowest BCUT2D eigenvalue weighted by molar-refractivity contribution is 0.245. The standard InChI is InChI=1S/C21H31N5O.HI/c1-22-21(23-14-17-9-12-25(2)16-17)24-15-20(26-10-4-5-11-26)18-7-6-8-19(13-18)27-3;/h6-9,12-13,16,20H,4-5,10-11,14-15H2,1-3H3,(H2,22,23,24);1H. The maximum Gasteiger partial charge on any atom is 0.191 e. The van der Waals surface area contributed by atoms with E-state index in [-0.39, 0.29) is 24.0 Å². The van der Waals surface area contributed by atoms with E-state index >= 15 is 0 Å². The van der Waals surface area contributed by atoms with E-state index < -0.39 is 0 Å². The number of benzene rings is 1. The average Bonchev–Trinajstić information content (AvgIpc) is 3.36. The van der Waals surface area contributed by atoms with E-state index in [1.807, 2.05) is 20.2 Å². The second kappa shape index (κ2) is 11.3. The lowest BCUT2D eigenvalue weighted by atomic mass is 10.1. The minimum absolute atomic E-state index is 0. The molecular weight excluding hydrogens is 465 g/mol. The van der Waals surface area contributed by atoms with Gasteiger partial charge in [-0.3, -0.25) is 9.89 Å². The maximum atomic E-state index is 5.43. The molecule has 2 heterocycles. The van der Waals surface area contributed by atoms with Gasteiger partial charge >= 0.3 is 0 Å². The first kappa shape index (κ1) is 22.5. The van der Waals surface area contributed by atoms with Gasteiger partial charge < -0.3 is 19.9 Å². The number of likely N-dealkylation sites (tertiary alicyclic amines) is 1. The molecule has 0 aliphatic carbocycles. The number of ether oxygens (including phenoxy) is 1. The summed E-state index contributed by atoms with van der Waals surface area (Å²) in [5, 5.41) is 6.91. The molecule has 154 valence electrons. The fraction of sp³-hybridized carbons (Fsp3) is 0.476. The molecule has 1 aromatic heterocycles. The highest BCUT2D eigenvalue weighted by molar-refractivity contribution is 14.0. The van der Waals surface area contributed by atoms with Crippen molar-refractivity contribution in [3.8, 4) is 5.75 Å². The van der Waals surface area contributed by atoms with Crippen molar-refractivity contribution in [1.29, 1.82) is 0 Å². The van der Waals surface area contributed by atoms with Crippen LogP contribution in [-0.2, 0) is 13.6 Å². The minimum atomic E-state index is 0. The van der Waals surface area contributed by atoms with Crippen LogP contribution in [0.2, 0.25) is 0 Å². The van der Waals surface area contributed by atoms with Gasteiger partial charge in [-0.05, 0) is 55.3 Å². The largest absolute Gasteiger partial charge is 0.497 e. The summed E-state index contributed by atoms with van der Waals surface area (Å²) in [5.74, 6) is 1.73. The zero-order valence-corrected chi connectivity index (χ0v) is 19.3. The van der Waals surface area contributed by atoms with Crippen molar-refractivity contribution in [2.75, 3.05) is 33.8 Å². The van der Waals surface area contributed by atoms with Gasteiger partial charge in [0.15, 0.2) is 5.96 Å². The number of aryl methyl sites for hydroxylation is 1. The SMILES string of the molecule is CN=C(NCc1ccn(C)c1)NCC(c1cccc(OC)c1)N1CCCC1.I. The average molecular weight is 497 g/mol. The van der Waals surface area contributed by atoms with Gasteiger partial charge in [-0.2, -0.15) is 0 Å². The Hall–Kier alpha value is -1.74. The van der Waals surface area contributed by atoms with Crippen LogP contribution >= 0.6 is 24.0 Å². The molecule has 0 spiro atoms. The molecule has 0 saturated carbocycles. The molecule has 28 heavy (non-hydrogen) atoms. The smallest absolute Gasteiger partial charge is 0.191 e. The molecule has 0 amide bonds. The van der Waals surface area contributed by atoms with Crippen LogP contribution < -0.4 is 15.4 Å². The van der Waals surface area contributed by atoms with Gasteiger partial charge in [-0.1, -0.05) is 12.1 Å². The van der Waals surface area contributed by atoms with E-state index in [1.54, 1.807) is 7.11 Å². The molecule has 1 aromatic carbocycles. The third-order valence-corrected chi connectivity index (χ3v) is 5.10. The molecule has 2 N–H and O–H groups in total. The summed E-state index contributed by atoms with van der Waals surface area (Å²) in [6, 6.07) is 10.8. The summed E-state index contributed by atoms with van der Waals surface area (Å²) in [7, 11) is 5.57. The summed E-state index contributed by atoms with van der Waals surface area (Å²) >= 11 is 0. The van der Waals surface area contributed by atoms with Crippen LogP contribution in [0.5, 0.6) is 5.75 Å². The van der Waals surface area contributed by atoms with E-state index in [0.29, 0.717) is 6.04 Å². The van der Waals surface area contributed by atoms with E-state index in [2.05, 4.69) is 61.8 Å². The molecule has 1 unspecified atom stereocenters. The second-order valence-electron chi connectivity index (χ2n) is 7.03. The number of aliphatic imine (C=N–C) groups is 1. The predicted octanol–water partition coefficient (Wildman–Crippen LogP) is 3.15. The summed E-state index contributed by atoms with van der Waals surface area (Å²) in [6.45, 7) is 3.84. The third-order valence-electron chi connectivity index (χ3n) is 5.10. The zero-order valence-electron chi connectivity index (χ0n) is 17.0.